The maximum Gasteiger partial charge on any atom is 0.178 e. The third kappa shape index (κ3) is 5.13. The molecule has 1 aromatic carbocycles. The Morgan fingerprint density at radius 1 is 0.794 bits per heavy atom. The molecule has 3 aromatic heterocycles. The summed E-state index contributed by atoms with van der Waals surface area (Å²) in [5.74, 6) is 1.44. The first-order valence-corrected chi connectivity index (χ1v) is 11.0. The highest BCUT2D eigenvalue weighted by atomic mass is 15.3. The zero-order valence-electron chi connectivity index (χ0n) is 19.3. The van der Waals surface area contributed by atoms with Crippen LogP contribution in [-0.2, 0) is 0 Å². The number of hydrogen-bond acceptors (Lipinski definition) is 6. The number of benzene rings is 1. The van der Waals surface area contributed by atoms with Crippen molar-refractivity contribution in [2.45, 2.75) is 13.1 Å². The van der Waals surface area contributed by atoms with Crippen LogP contribution in [0.15, 0.2) is 120 Å². The van der Waals surface area contributed by atoms with Crippen molar-refractivity contribution < 1.29 is 0 Å². The minimum Gasteiger partial charge on any atom is -0.333 e. The average Bonchev–Trinajstić information content (AvgIpc) is 2.91. The summed E-state index contributed by atoms with van der Waals surface area (Å²) in [5, 5.41) is 0. The van der Waals surface area contributed by atoms with Crippen LogP contribution in [0.25, 0.3) is 11.3 Å². The molecule has 6 heteroatoms. The van der Waals surface area contributed by atoms with Crippen LogP contribution in [-0.4, -0.2) is 38.6 Å². The van der Waals surface area contributed by atoms with E-state index in [2.05, 4.69) is 50.7 Å². The van der Waals surface area contributed by atoms with Crippen LogP contribution in [0, 0.1) is 0 Å². The van der Waals surface area contributed by atoms with E-state index in [-0.39, 0.29) is 6.17 Å². The molecule has 6 nitrogen and oxygen atoms in total. The molecule has 1 aliphatic rings. The molecule has 0 fully saturated rings. The smallest absolute Gasteiger partial charge is 0.178 e. The fourth-order valence-corrected chi connectivity index (χ4v) is 3.56. The maximum atomic E-state index is 4.89. The Morgan fingerprint density at radius 3 is 2.03 bits per heavy atom. The molecule has 1 unspecified atom stereocenters. The van der Waals surface area contributed by atoms with Gasteiger partial charge in [0, 0.05) is 48.5 Å². The van der Waals surface area contributed by atoms with E-state index in [1.54, 1.807) is 24.7 Å². The number of pyridine rings is 3. The highest BCUT2D eigenvalue weighted by Gasteiger charge is 2.27. The molecule has 0 N–H and O–H groups in total. The molecule has 168 valence electrons. The van der Waals surface area contributed by atoms with Crippen LogP contribution in [0.3, 0.4) is 0 Å². The van der Waals surface area contributed by atoms with Gasteiger partial charge in [-0.15, -0.1) is 6.58 Å². The first-order chi connectivity index (χ1) is 16.7. The molecule has 0 amide bonds. The van der Waals surface area contributed by atoms with Crippen molar-refractivity contribution in [3.8, 4) is 11.3 Å². The van der Waals surface area contributed by atoms with Gasteiger partial charge in [-0.3, -0.25) is 15.0 Å². The summed E-state index contributed by atoms with van der Waals surface area (Å²) in [7, 11) is 2.00. The number of allylic oxidation sites excluding steroid dienone is 1. The maximum absolute atomic E-state index is 4.89. The monoisotopic (exact) mass is 446 g/mol. The second kappa shape index (κ2) is 10.9. The predicted molar refractivity (Wildman–Crippen MR) is 138 cm³/mol. The fourth-order valence-electron chi connectivity index (χ4n) is 3.56. The van der Waals surface area contributed by atoms with Crippen LogP contribution in [0.1, 0.15) is 29.9 Å². The second-order valence-electron chi connectivity index (χ2n) is 7.57. The quantitative estimate of drug-likeness (QED) is 0.385. The molecule has 4 heterocycles. The number of hydrogen-bond donors (Lipinski definition) is 0. The molecule has 0 saturated heterocycles. The van der Waals surface area contributed by atoms with Gasteiger partial charge in [0.15, 0.2) is 12.0 Å². The summed E-state index contributed by atoms with van der Waals surface area (Å²) in [5.41, 5.74) is 4.74. The second-order valence-corrected chi connectivity index (χ2v) is 7.57. The first-order valence-electron chi connectivity index (χ1n) is 11.0. The first kappa shape index (κ1) is 22.7. The topological polar surface area (TPSA) is 66.6 Å². The van der Waals surface area contributed by atoms with Crippen LogP contribution in [0.2, 0.25) is 0 Å². The van der Waals surface area contributed by atoms with Crippen molar-refractivity contribution in [2.75, 3.05) is 7.05 Å². The minimum atomic E-state index is -0.242. The van der Waals surface area contributed by atoms with Gasteiger partial charge in [-0.2, -0.15) is 0 Å². The zero-order valence-corrected chi connectivity index (χ0v) is 19.3. The number of rotatable bonds is 4. The molecule has 34 heavy (non-hydrogen) atoms. The van der Waals surface area contributed by atoms with Crippen LogP contribution in [0.4, 0.5) is 0 Å². The zero-order chi connectivity index (χ0) is 23.8. The Balaban J connectivity index is 0.000000868. The molecule has 0 radical (unpaired) electrons. The van der Waals surface area contributed by atoms with E-state index in [9.17, 15) is 0 Å². The van der Waals surface area contributed by atoms with Gasteiger partial charge >= 0.3 is 0 Å². The summed E-state index contributed by atoms with van der Waals surface area (Å²) in [6.07, 6.45) is 8.67. The Morgan fingerprint density at radius 2 is 1.44 bits per heavy atom. The van der Waals surface area contributed by atoms with Crippen molar-refractivity contribution in [2.24, 2.45) is 9.98 Å². The lowest BCUT2D eigenvalue weighted by molar-refractivity contribution is 0.382. The van der Waals surface area contributed by atoms with E-state index in [1.807, 2.05) is 68.7 Å². The van der Waals surface area contributed by atoms with Crippen LogP contribution in [0.5, 0.6) is 0 Å². The van der Waals surface area contributed by atoms with Gasteiger partial charge < -0.3 is 4.90 Å². The lowest BCUT2D eigenvalue weighted by atomic mass is 10.1. The Bertz CT molecular complexity index is 1270. The minimum absolute atomic E-state index is 0.242. The molecule has 5 rings (SSSR count). The van der Waals surface area contributed by atoms with Gasteiger partial charge in [0.1, 0.15) is 11.5 Å². The largest absolute Gasteiger partial charge is 0.333 e. The fraction of sp³-hybridized carbons (Fsp3) is 0.107. The van der Waals surface area contributed by atoms with E-state index in [0.29, 0.717) is 5.84 Å². The molecule has 0 aliphatic carbocycles. The summed E-state index contributed by atoms with van der Waals surface area (Å²) in [4.78, 5) is 25.0. The molecule has 0 bridgehead atoms. The normalized spacial score (nSPS) is 14.9. The summed E-state index contributed by atoms with van der Waals surface area (Å²) in [6.45, 7) is 5.25. The van der Waals surface area contributed by atoms with Gasteiger partial charge in [-0.25, -0.2) is 9.98 Å². The SMILES string of the molecule is C=CC.CN1C(c2ccc(-c3ccccn3)cc2)=NC(c2ccccn2)=NC1c1cccnc1. The van der Waals surface area contributed by atoms with E-state index < -0.39 is 0 Å². The van der Waals surface area contributed by atoms with E-state index >= 15 is 0 Å². The lowest BCUT2D eigenvalue weighted by Gasteiger charge is -2.32. The van der Waals surface area contributed by atoms with Crippen molar-refractivity contribution in [1.29, 1.82) is 0 Å². The molecular formula is C28H26N6. The molecule has 0 spiro atoms. The number of aromatic nitrogens is 3. The number of aliphatic imine (C=N–C) groups is 2. The molecule has 1 atom stereocenters. The van der Waals surface area contributed by atoms with E-state index in [0.717, 1.165) is 33.9 Å². The highest BCUT2D eigenvalue weighted by Crippen LogP contribution is 2.28. The van der Waals surface area contributed by atoms with Gasteiger partial charge in [0.05, 0.1) is 5.69 Å². The predicted octanol–water partition coefficient (Wildman–Crippen LogP) is 5.57. The Hall–Kier alpha value is -4.45. The van der Waals surface area contributed by atoms with Gasteiger partial charge in [-0.1, -0.05) is 48.5 Å². The number of nitrogens with zero attached hydrogens (tertiary/aromatic N) is 6. The van der Waals surface area contributed by atoms with E-state index in [1.165, 1.54) is 0 Å². The van der Waals surface area contributed by atoms with Gasteiger partial charge in [0.2, 0.25) is 0 Å². The van der Waals surface area contributed by atoms with Crippen LogP contribution >= 0.6 is 0 Å². The summed E-state index contributed by atoms with van der Waals surface area (Å²) >= 11 is 0. The van der Waals surface area contributed by atoms with E-state index in [4.69, 9.17) is 9.98 Å². The molecular weight excluding hydrogens is 420 g/mol. The van der Waals surface area contributed by atoms with Crippen LogP contribution < -0.4 is 0 Å². The lowest BCUT2D eigenvalue weighted by Crippen LogP contribution is -2.35. The summed E-state index contributed by atoms with van der Waals surface area (Å²) in [6, 6.07) is 23.9. The van der Waals surface area contributed by atoms with Crippen molar-refractivity contribution >= 4 is 11.7 Å². The molecule has 4 aromatic rings. The standard InChI is InChI=1S/C25H20N6.C3H6/c1-31-24(19-12-10-18(11-13-19)21-8-2-4-15-27-21)29-23(22-9-3-5-16-28-22)30-25(31)20-7-6-14-26-17-20;1-3-2/h2-17,25H,1H3;3H,1H2,2H3. The third-order valence-corrected chi connectivity index (χ3v) is 5.14. The van der Waals surface area contributed by atoms with Crippen molar-refractivity contribution in [3.05, 3.63) is 127 Å². The molecule has 1 aliphatic heterocycles. The van der Waals surface area contributed by atoms with Crippen molar-refractivity contribution in [1.82, 2.24) is 19.9 Å². The van der Waals surface area contributed by atoms with Crippen molar-refractivity contribution in [3.63, 3.8) is 0 Å². The average molecular weight is 447 g/mol. The number of amidine groups is 2. The highest BCUT2D eigenvalue weighted by molar-refractivity contribution is 6.12. The Kier molecular flexibility index (Phi) is 7.30. The van der Waals surface area contributed by atoms with Gasteiger partial charge in [-0.05, 0) is 37.3 Å². The molecule has 0 saturated carbocycles. The third-order valence-electron chi connectivity index (χ3n) is 5.14. The van der Waals surface area contributed by atoms with Gasteiger partial charge in [0.25, 0.3) is 0 Å². The Labute approximate surface area is 200 Å². The summed E-state index contributed by atoms with van der Waals surface area (Å²) < 4.78 is 0.